The molecule has 2 saturated heterocycles. The number of ether oxygens (including phenoxy) is 4. The summed E-state index contributed by atoms with van der Waals surface area (Å²) in [6, 6.07) is 34.2. The second-order valence-electron chi connectivity index (χ2n) is 12.7. The predicted octanol–water partition coefficient (Wildman–Crippen LogP) is 8.41. The first-order valence-electron chi connectivity index (χ1n) is 15.9. The SMILES string of the molecule is CC1CC(OCc2c3ccccc3cc3cc(-c4ccc5c(COC6(C)CCOC6=O)c6ccccc6cc5c4)ccc23)C(=O)O1. The van der Waals surface area contributed by atoms with Crippen LogP contribution in [0.2, 0.25) is 0 Å². The van der Waals surface area contributed by atoms with Crippen molar-refractivity contribution < 1.29 is 28.5 Å². The monoisotopic (exact) mass is 610 g/mol. The van der Waals surface area contributed by atoms with E-state index < -0.39 is 11.7 Å². The number of hydrogen-bond acceptors (Lipinski definition) is 6. The molecule has 6 aromatic rings. The van der Waals surface area contributed by atoms with Crippen LogP contribution in [0.15, 0.2) is 97.1 Å². The van der Waals surface area contributed by atoms with Gasteiger partial charge in [-0.3, -0.25) is 0 Å². The van der Waals surface area contributed by atoms with Gasteiger partial charge in [0, 0.05) is 12.8 Å². The minimum absolute atomic E-state index is 0.123. The molecule has 0 N–H and O–H groups in total. The van der Waals surface area contributed by atoms with Crippen molar-refractivity contribution in [3.8, 4) is 11.1 Å². The number of carbonyl (C=O) groups is 2. The molecule has 0 amide bonds. The number of fused-ring (bicyclic) bond motifs is 4. The van der Waals surface area contributed by atoms with Crippen molar-refractivity contribution in [2.75, 3.05) is 6.61 Å². The van der Waals surface area contributed by atoms with Crippen molar-refractivity contribution in [1.29, 1.82) is 0 Å². The third-order valence-corrected chi connectivity index (χ3v) is 9.61. The largest absolute Gasteiger partial charge is 0.463 e. The molecule has 2 fully saturated rings. The van der Waals surface area contributed by atoms with E-state index in [1.807, 2.05) is 38.1 Å². The molecule has 0 aromatic heterocycles. The van der Waals surface area contributed by atoms with Gasteiger partial charge in [0.05, 0.1) is 19.8 Å². The van der Waals surface area contributed by atoms with Crippen LogP contribution in [0.1, 0.15) is 37.8 Å². The summed E-state index contributed by atoms with van der Waals surface area (Å²) < 4.78 is 23.0. The van der Waals surface area contributed by atoms with E-state index in [2.05, 4.69) is 72.8 Å². The van der Waals surface area contributed by atoms with Crippen LogP contribution in [-0.2, 0) is 41.8 Å². The minimum atomic E-state index is -0.929. The fraction of sp³-hybridized carbons (Fsp3) is 0.250. The lowest BCUT2D eigenvalue weighted by Gasteiger charge is -2.21. The quantitative estimate of drug-likeness (QED) is 0.134. The summed E-state index contributed by atoms with van der Waals surface area (Å²) in [6.45, 7) is 4.74. The summed E-state index contributed by atoms with van der Waals surface area (Å²) >= 11 is 0. The second-order valence-corrected chi connectivity index (χ2v) is 12.7. The Balaban J connectivity index is 1.18. The van der Waals surface area contributed by atoms with E-state index >= 15 is 0 Å². The van der Waals surface area contributed by atoms with Crippen molar-refractivity contribution in [3.63, 3.8) is 0 Å². The van der Waals surface area contributed by atoms with E-state index in [1.54, 1.807) is 0 Å². The van der Waals surface area contributed by atoms with Crippen molar-refractivity contribution in [2.45, 2.75) is 57.7 Å². The average Bonchev–Trinajstić information content (AvgIpc) is 3.58. The van der Waals surface area contributed by atoms with Crippen molar-refractivity contribution in [2.24, 2.45) is 0 Å². The molecule has 6 aromatic carbocycles. The maximum Gasteiger partial charge on any atom is 0.338 e. The molecule has 6 heteroatoms. The maximum absolute atomic E-state index is 12.4. The summed E-state index contributed by atoms with van der Waals surface area (Å²) in [5, 5.41) is 8.92. The Morgan fingerprint density at radius 3 is 1.83 bits per heavy atom. The average molecular weight is 611 g/mol. The topological polar surface area (TPSA) is 71.1 Å². The van der Waals surface area contributed by atoms with Gasteiger partial charge in [-0.15, -0.1) is 0 Å². The molecule has 46 heavy (non-hydrogen) atoms. The number of cyclic esters (lactones) is 2. The lowest BCUT2D eigenvalue weighted by molar-refractivity contribution is -0.158. The first kappa shape index (κ1) is 28.7. The molecular weight excluding hydrogens is 576 g/mol. The predicted molar refractivity (Wildman–Crippen MR) is 179 cm³/mol. The van der Waals surface area contributed by atoms with Crippen LogP contribution in [0, 0.1) is 0 Å². The van der Waals surface area contributed by atoms with Crippen LogP contribution in [-0.4, -0.2) is 36.4 Å². The third-order valence-electron chi connectivity index (χ3n) is 9.61. The van der Waals surface area contributed by atoms with Crippen LogP contribution < -0.4 is 0 Å². The highest BCUT2D eigenvalue weighted by Gasteiger charge is 2.41. The highest BCUT2D eigenvalue weighted by molar-refractivity contribution is 6.05. The molecule has 0 spiro atoms. The molecule has 230 valence electrons. The Kier molecular flexibility index (Phi) is 7.00. The van der Waals surface area contributed by atoms with E-state index in [1.165, 1.54) is 0 Å². The Morgan fingerprint density at radius 2 is 1.28 bits per heavy atom. The van der Waals surface area contributed by atoms with Gasteiger partial charge in [0.25, 0.3) is 0 Å². The summed E-state index contributed by atoms with van der Waals surface area (Å²) in [7, 11) is 0. The number of benzene rings is 6. The zero-order chi connectivity index (χ0) is 31.4. The Morgan fingerprint density at radius 1 is 0.717 bits per heavy atom. The zero-order valence-electron chi connectivity index (χ0n) is 25.9. The summed E-state index contributed by atoms with van der Waals surface area (Å²) in [4.78, 5) is 24.7. The van der Waals surface area contributed by atoms with Gasteiger partial charge >= 0.3 is 11.9 Å². The van der Waals surface area contributed by atoms with Crippen LogP contribution in [0.3, 0.4) is 0 Å². The molecule has 3 unspecified atom stereocenters. The van der Waals surface area contributed by atoms with Crippen LogP contribution in [0.25, 0.3) is 54.2 Å². The highest BCUT2D eigenvalue weighted by atomic mass is 16.6. The first-order chi connectivity index (χ1) is 22.4. The van der Waals surface area contributed by atoms with Gasteiger partial charge in [0.1, 0.15) is 6.10 Å². The molecule has 8 rings (SSSR count). The summed E-state index contributed by atoms with van der Waals surface area (Å²) in [6.07, 6.45) is 0.461. The maximum atomic E-state index is 12.4. The highest BCUT2D eigenvalue weighted by Crippen LogP contribution is 2.37. The summed E-state index contributed by atoms with van der Waals surface area (Å²) in [5.74, 6) is -0.581. The first-order valence-corrected chi connectivity index (χ1v) is 15.9. The molecule has 0 saturated carbocycles. The third kappa shape index (κ3) is 4.98. The van der Waals surface area contributed by atoms with Crippen molar-refractivity contribution in [1.82, 2.24) is 0 Å². The van der Waals surface area contributed by atoms with Gasteiger partial charge in [-0.05, 0) is 103 Å². The molecule has 0 bridgehead atoms. The molecule has 3 atom stereocenters. The normalized spacial score (nSPS) is 21.4. The standard InChI is InChI=1S/C40H34O6/c1-24-17-37(38(41)46-24)44-22-35-31-9-5-3-7-27(31)20-29-18-25(11-13-33(29)35)26-12-14-34-30(19-26)21-28-8-4-6-10-32(28)36(34)23-45-40(2)15-16-43-39(40)42/h3-14,18-21,24,37H,15-17,22-23H2,1-2H3. The number of esters is 2. The molecular formula is C40H34O6. The molecule has 2 aliphatic heterocycles. The lowest BCUT2D eigenvalue weighted by Crippen LogP contribution is -2.33. The number of carbonyl (C=O) groups excluding carboxylic acids is 2. The molecule has 2 heterocycles. The van der Waals surface area contributed by atoms with Crippen LogP contribution >= 0.6 is 0 Å². The van der Waals surface area contributed by atoms with Crippen molar-refractivity contribution >= 4 is 55.0 Å². The van der Waals surface area contributed by atoms with Gasteiger partial charge in [0.2, 0.25) is 0 Å². The second kappa shape index (κ2) is 11.2. The van der Waals surface area contributed by atoms with Gasteiger partial charge in [-0.25, -0.2) is 9.59 Å². The van der Waals surface area contributed by atoms with Crippen LogP contribution in [0.4, 0.5) is 0 Å². The molecule has 2 aliphatic rings. The van der Waals surface area contributed by atoms with Gasteiger partial charge in [0.15, 0.2) is 11.7 Å². The Bertz CT molecular complexity index is 2180. The molecule has 0 radical (unpaired) electrons. The van der Waals surface area contributed by atoms with E-state index in [-0.39, 0.29) is 18.0 Å². The van der Waals surface area contributed by atoms with E-state index in [0.717, 1.165) is 65.3 Å². The van der Waals surface area contributed by atoms with Crippen LogP contribution in [0.5, 0.6) is 0 Å². The Labute approximate surface area is 266 Å². The summed E-state index contributed by atoms with van der Waals surface area (Å²) in [5.41, 5.74) is 3.42. The lowest BCUT2D eigenvalue weighted by atomic mass is 9.92. The van der Waals surface area contributed by atoms with Gasteiger partial charge < -0.3 is 18.9 Å². The van der Waals surface area contributed by atoms with E-state index in [4.69, 9.17) is 18.9 Å². The number of hydrogen-bond donors (Lipinski definition) is 0. The Hall–Kier alpha value is -4.78. The minimum Gasteiger partial charge on any atom is -0.463 e. The number of rotatable bonds is 7. The van der Waals surface area contributed by atoms with Gasteiger partial charge in [-0.1, -0.05) is 72.8 Å². The van der Waals surface area contributed by atoms with Crippen molar-refractivity contribution in [3.05, 3.63) is 108 Å². The van der Waals surface area contributed by atoms with Gasteiger partial charge in [-0.2, -0.15) is 0 Å². The molecule has 0 aliphatic carbocycles. The van der Waals surface area contributed by atoms with E-state index in [9.17, 15) is 9.59 Å². The fourth-order valence-corrected chi connectivity index (χ4v) is 7.00. The van der Waals surface area contributed by atoms with E-state index in [0.29, 0.717) is 32.7 Å². The zero-order valence-corrected chi connectivity index (χ0v) is 25.9. The smallest absolute Gasteiger partial charge is 0.338 e. The molecule has 6 nitrogen and oxygen atoms in total. The fourth-order valence-electron chi connectivity index (χ4n) is 7.00.